The van der Waals surface area contributed by atoms with Crippen molar-refractivity contribution in [2.45, 2.75) is 25.9 Å². The van der Waals surface area contributed by atoms with Gasteiger partial charge < -0.3 is 5.32 Å². The number of hydrogen-bond donors (Lipinski definition) is 1. The number of hydrogen-bond acceptors (Lipinski definition) is 2. The second kappa shape index (κ2) is 8.32. The smallest absolute Gasteiger partial charge is 0.235 e. The predicted octanol–water partition coefficient (Wildman–Crippen LogP) is 3.80. The average Bonchev–Trinajstić information content (AvgIpc) is 3.13. The van der Waals surface area contributed by atoms with Crippen molar-refractivity contribution >= 4 is 17.5 Å². The molecule has 1 amide bonds. The molecule has 4 heteroatoms. The van der Waals surface area contributed by atoms with E-state index in [0.717, 1.165) is 17.7 Å². The first-order chi connectivity index (χ1) is 11.8. The first-order valence-corrected chi connectivity index (χ1v) is 9.02. The summed E-state index contributed by atoms with van der Waals surface area (Å²) in [5, 5.41) is 2.84. The van der Waals surface area contributed by atoms with Gasteiger partial charge in [0.15, 0.2) is 0 Å². The van der Waals surface area contributed by atoms with Crippen LogP contribution < -0.4 is 5.32 Å². The lowest BCUT2D eigenvalue weighted by Gasteiger charge is -2.15. The van der Waals surface area contributed by atoms with E-state index >= 15 is 0 Å². The van der Waals surface area contributed by atoms with Gasteiger partial charge in [0.1, 0.15) is 5.88 Å². The maximum atomic E-state index is 11.4. The van der Waals surface area contributed by atoms with Crippen LogP contribution in [0.1, 0.15) is 24.0 Å². The van der Waals surface area contributed by atoms with E-state index in [4.69, 9.17) is 11.6 Å². The number of amides is 1. The van der Waals surface area contributed by atoms with Gasteiger partial charge in [-0.15, -0.1) is 11.6 Å². The van der Waals surface area contributed by atoms with E-state index in [0.29, 0.717) is 6.54 Å². The zero-order chi connectivity index (χ0) is 16.8. The molecule has 126 valence electrons. The SMILES string of the molecule is O=C(CCl)NCc1ccccc1-c1ccc(CN2CCCC2)cc1. The zero-order valence-electron chi connectivity index (χ0n) is 13.8. The summed E-state index contributed by atoms with van der Waals surface area (Å²) in [5.74, 6) is -0.152. The molecule has 0 unspecified atom stereocenters. The van der Waals surface area contributed by atoms with Crippen molar-refractivity contribution in [2.24, 2.45) is 0 Å². The molecule has 1 N–H and O–H groups in total. The highest BCUT2D eigenvalue weighted by molar-refractivity contribution is 6.27. The quantitative estimate of drug-likeness (QED) is 0.810. The molecule has 1 heterocycles. The number of carbonyl (C=O) groups excluding carboxylic acids is 1. The maximum Gasteiger partial charge on any atom is 0.235 e. The van der Waals surface area contributed by atoms with Gasteiger partial charge in [-0.05, 0) is 48.2 Å². The highest BCUT2D eigenvalue weighted by Crippen LogP contribution is 2.24. The van der Waals surface area contributed by atoms with Crippen molar-refractivity contribution < 1.29 is 4.79 Å². The molecule has 0 aromatic heterocycles. The van der Waals surface area contributed by atoms with Crippen molar-refractivity contribution in [3.05, 3.63) is 59.7 Å². The number of rotatable bonds is 6. The van der Waals surface area contributed by atoms with E-state index in [1.165, 1.54) is 37.1 Å². The van der Waals surface area contributed by atoms with Crippen LogP contribution in [0.2, 0.25) is 0 Å². The van der Waals surface area contributed by atoms with Gasteiger partial charge in [0.2, 0.25) is 5.91 Å². The van der Waals surface area contributed by atoms with Gasteiger partial charge in [-0.1, -0.05) is 48.5 Å². The van der Waals surface area contributed by atoms with Crippen LogP contribution in [0.5, 0.6) is 0 Å². The second-order valence-corrected chi connectivity index (χ2v) is 6.51. The first kappa shape index (κ1) is 17.0. The predicted molar refractivity (Wildman–Crippen MR) is 99.0 cm³/mol. The molecule has 0 spiro atoms. The molecule has 1 aliphatic heterocycles. The summed E-state index contributed by atoms with van der Waals surface area (Å²) in [6, 6.07) is 16.9. The minimum atomic E-state index is -0.146. The van der Waals surface area contributed by atoms with Gasteiger partial charge in [-0.2, -0.15) is 0 Å². The molecular formula is C20H23ClN2O. The number of alkyl halides is 1. The number of nitrogens with zero attached hydrogens (tertiary/aromatic N) is 1. The maximum absolute atomic E-state index is 11.4. The third-order valence-electron chi connectivity index (χ3n) is 4.48. The largest absolute Gasteiger partial charge is 0.351 e. The average molecular weight is 343 g/mol. The number of halogens is 1. The fourth-order valence-corrected chi connectivity index (χ4v) is 3.28. The monoisotopic (exact) mass is 342 g/mol. The number of benzene rings is 2. The summed E-state index contributed by atoms with van der Waals surface area (Å²) in [5.41, 5.74) is 4.79. The summed E-state index contributed by atoms with van der Waals surface area (Å²) in [6.07, 6.45) is 2.64. The van der Waals surface area contributed by atoms with Crippen molar-refractivity contribution in [1.82, 2.24) is 10.2 Å². The van der Waals surface area contributed by atoms with Crippen molar-refractivity contribution in [3.8, 4) is 11.1 Å². The summed E-state index contributed by atoms with van der Waals surface area (Å²) >= 11 is 5.55. The lowest BCUT2D eigenvalue weighted by Crippen LogP contribution is -2.23. The van der Waals surface area contributed by atoms with Crippen LogP contribution in [0.15, 0.2) is 48.5 Å². The highest BCUT2D eigenvalue weighted by Gasteiger charge is 2.12. The Bertz CT molecular complexity index is 678. The molecule has 0 radical (unpaired) electrons. The van der Waals surface area contributed by atoms with Crippen LogP contribution in [0.3, 0.4) is 0 Å². The molecule has 0 bridgehead atoms. The van der Waals surface area contributed by atoms with E-state index < -0.39 is 0 Å². The van der Waals surface area contributed by atoms with Crippen molar-refractivity contribution in [2.75, 3.05) is 19.0 Å². The summed E-state index contributed by atoms with van der Waals surface area (Å²) < 4.78 is 0. The van der Waals surface area contributed by atoms with Gasteiger partial charge in [0, 0.05) is 13.1 Å². The van der Waals surface area contributed by atoms with Crippen LogP contribution in [0.25, 0.3) is 11.1 Å². The molecule has 0 saturated carbocycles. The zero-order valence-corrected chi connectivity index (χ0v) is 14.6. The van der Waals surface area contributed by atoms with Crippen molar-refractivity contribution in [3.63, 3.8) is 0 Å². The summed E-state index contributed by atoms with van der Waals surface area (Å²) in [7, 11) is 0. The number of likely N-dealkylation sites (tertiary alicyclic amines) is 1. The van der Waals surface area contributed by atoms with Crippen molar-refractivity contribution in [1.29, 1.82) is 0 Å². The van der Waals surface area contributed by atoms with Crippen LogP contribution in [-0.4, -0.2) is 29.8 Å². The van der Waals surface area contributed by atoms with E-state index in [9.17, 15) is 4.79 Å². The Morgan fingerprint density at radius 3 is 2.46 bits per heavy atom. The molecule has 0 atom stereocenters. The summed E-state index contributed by atoms with van der Waals surface area (Å²) in [4.78, 5) is 13.9. The first-order valence-electron chi connectivity index (χ1n) is 8.48. The van der Waals surface area contributed by atoms with E-state index in [1.54, 1.807) is 0 Å². The molecule has 1 saturated heterocycles. The van der Waals surface area contributed by atoms with Gasteiger partial charge in [0.05, 0.1) is 0 Å². The topological polar surface area (TPSA) is 32.3 Å². The van der Waals surface area contributed by atoms with Gasteiger partial charge >= 0.3 is 0 Å². The molecule has 3 nitrogen and oxygen atoms in total. The molecule has 1 fully saturated rings. The summed E-state index contributed by atoms with van der Waals surface area (Å²) in [6.45, 7) is 3.96. The molecule has 24 heavy (non-hydrogen) atoms. The highest BCUT2D eigenvalue weighted by atomic mass is 35.5. The third-order valence-corrected chi connectivity index (χ3v) is 4.73. The number of nitrogens with one attached hydrogen (secondary N) is 1. The minimum Gasteiger partial charge on any atom is -0.351 e. The Labute approximate surface area is 148 Å². The van der Waals surface area contributed by atoms with E-state index in [1.807, 2.05) is 18.2 Å². The molecule has 2 aromatic rings. The lowest BCUT2D eigenvalue weighted by molar-refractivity contribution is -0.118. The van der Waals surface area contributed by atoms with E-state index in [2.05, 4.69) is 40.5 Å². The standard InChI is InChI=1S/C20H23ClN2O/c21-13-20(24)22-14-18-5-1-2-6-19(18)17-9-7-16(8-10-17)15-23-11-3-4-12-23/h1-2,5-10H,3-4,11-15H2,(H,22,24). The Kier molecular flexibility index (Phi) is 5.89. The Balaban J connectivity index is 1.72. The van der Waals surface area contributed by atoms with Gasteiger partial charge in [-0.3, -0.25) is 9.69 Å². The van der Waals surface area contributed by atoms with Crippen LogP contribution in [-0.2, 0) is 17.9 Å². The Morgan fingerprint density at radius 1 is 1.04 bits per heavy atom. The van der Waals surface area contributed by atoms with E-state index in [-0.39, 0.29) is 11.8 Å². The third kappa shape index (κ3) is 4.37. The number of carbonyl (C=O) groups is 1. The molecular weight excluding hydrogens is 320 g/mol. The van der Waals surface area contributed by atoms with Gasteiger partial charge in [0.25, 0.3) is 0 Å². The lowest BCUT2D eigenvalue weighted by atomic mass is 9.98. The van der Waals surface area contributed by atoms with Crippen LogP contribution in [0.4, 0.5) is 0 Å². The molecule has 3 rings (SSSR count). The molecule has 0 aliphatic carbocycles. The second-order valence-electron chi connectivity index (χ2n) is 6.25. The van der Waals surface area contributed by atoms with Gasteiger partial charge in [-0.25, -0.2) is 0 Å². The Morgan fingerprint density at radius 2 is 1.75 bits per heavy atom. The van der Waals surface area contributed by atoms with Crippen LogP contribution in [0, 0.1) is 0 Å². The fraction of sp³-hybridized carbons (Fsp3) is 0.350. The fourth-order valence-electron chi connectivity index (χ4n) is 3.19. The Hall–Kier alpha value is -1.84. The normalized spacial score (nSPS) is 14.7. The molecule has 1 aliphatic rings. The molecule has 2 aromatic carbocycles. The van der Waals surface area contributed by atoms with Crippen LogP contribution >= 0.6 is 11.6 Å². The minimum absolute atomic E-state index is 0.00658.